The van der Waals surface area contributed by atoms with Gasteiger partial charge in [0.2, 0.25) is 0 Å². The van der Waals surface area contributed by atoms with E-state index in [2.05, 4.69) is 4.74 Å². The highest BCUT2D eigenvalue weighted by Crippen LogP contribution is 2.03. The first-order valence-corrected chi connectivity index (χ1v) is 3.65. The van der Waals surface area contributed by atoms with E-state index >= 15 is 0 Å². The third kappa shape index (κ3) is 5.46. The van der Waals surface area contributed by atoms with E-state index in [1.807, 2.05) is 13.8 Å². The molecule has 0 aromatic rings. The maximum absolute atomic E-state index is 10.0. The monoisotopic (exact) mass is 171 g/mol. The zero-order chi connectivity index (χ0) is 9.56. The fourth-order valence-electron chi connectivity index (χ4n) is 0.433. The Morgan fingerprint density at radius 1 is 1.33 bits per heavy atom. The minimum atomic E-state index is -0.398. The fourth-order valence-corrected chi connectivity index (χ4v) is 0.433. The summed E-state index contributed by atoms with van der Waals surface area (Å²) >= 11 is 0. The molecule has 0 bridgehead atoms. The van der Waals surface area contributed by atoms with Crippen LogP contribution in [0, 0.1) is 0 Å². The summed E-state index contributed by atoms with van der Waals surface area (Å²) in [6.45, 7) is 3.92. The highest BCUT2D eigenvalue weighted by Gasteiger charge is 2.19. The summed E-state index contributed by atoms with van der Waals surface area (Å²) in [7, 11) is 0. The second-order valence-electron chi connectivity index (χ2n) is 2.59. The van der Waals surface area contributed by atoms with E-state index in [4.69, 9.17) is 5.73 Å². The molecule has 12 heavy (non-hydrogen) atoms. The Labute approximate surface area is 71.4 Å². The largest absolute Gasteiger partial charge is 0.405 e. The van der Waals surface area contributed by atoms with Gasteiger partial charge in [-0.05, 0) is 20.0 Å². The van der Waals surface area contributed by atoms with Crippen molar-refractivity contribution < 1.29 is 14.3 Å². The first-order chi connectivity index (χ1) is 5.56. The van der Waals surface area contributed by atoms with Gasteiger partial charge in [-0.2, -0.15) is 0 Å². The first kappa shape index (κ1) is 10.7. The second-order valence-corrected chi connectivity index (χ2v) is 2.59. The zero-order valence-electron chi connectivity index (χ0n) is 7.29. The SMILES string of the molecule is CC(C)=CN.O=C1CCC(=O)O1. The number of ether oxygens (including phenoxy) is 1. The number of hydrogen-bond donors (Lipinski definition) is 1. The van der Waals surface area contributed by atoms with Gasteiger partial charge in [0.1, 0.15) is 0 Å². The lowest BCUT2D eigenvalue weighted by molar-refractivity contribution is -0.151. The summed E-state index contributed by atoms with van der Waals surface area (Å²) in [5, 5.41) is 0. The van der Waals surface area contributed by atoms with Crippen LogP contribution >= 0.6 is 0 Å². The Hall–Kier alpha value is -1.32. The molecule has 0 unspecified atom stereocenters. The lowest BCUT2D eigenvalue weighted by atomic mass is 10.4. The molecule has 1 saturated heterocycles. The smallest absolute Gasteiger partial charge is 0.314 e. The number of hydrogen-bond acceptors (Lipinski definition) is 4. The molecule has 0 aliphatic carbocycles. The molecule has 0 saturated carbocycles. The topological polar surface area (TPSA) is 69.4 Å². The van der Waals surface area contributed by atoms with Gasteiger partial charge in [-0.3, -0.25) is 9.59 Å². The summed E-state index contributed by atoms with van der Waals surface area (Å²) < 4.78 is 4.08. The number of carbonyl (C=O) groups excluding carboxylic acids is 2. The fraction of sp³-hybridized carbons (Fsp3) is 0.500. The van der Waals surface area contributed by atoms with Crippen molar-refractivity contribution in [1.82, 2.24) is 0 Å². The van der Waals surface area contributed by atoms with Gasteiger partial charge in [-0.25, -0.2) is 0 Å². The van der Waals surface area contributed by atoms with E-state index in [-0.39, 0.29) is 12.8 Å². The Morgan fingerprint density at radius 3 is 1.75 bits per heavy atom. The van der Waals surface area contributed by atoms with Gasteiger partial charge in [0.15, 0.2) is 0 Å². The number of cyclic esters (lactones) is 2. The van der Waals surface area contributed by atoms with Gasteiger partial charge in [-0.1, -0.05) is 5.57 Å². The third-order valence-electron chi connectivity index (χ3n) is 1.09. The molecule has 0 aromatic carbocycles. The van der Waals surface area contributed by atoms with Crippen molar-refractivity contribution in [3.8, 4) is 0 Å². The quantitative estimate of drug-likeness (QED) is 0.430. The van der Waals surface area contributed by atoms with Crippen LogP contribution in [0.25, 0.3) is 0 Å². The molecule has 0 atom stereocenters. The van der Waals surface area contributed by atoms with E-state index in [9.17, 15) is 9.59 Å². The van der Waals surface area contributed by atoms with E-state index in [0.29, 0.717) is 0 Å². The lowest BCUT2D eigenvalue weighted by Crippen LogP contribution is -1.94. The molecule has 0 spiro atoms. The number of carbonyl (C=O) groups is 2. The van der Waals surface area contributed by atoms with Gasteiger partial charge >= 0.3 is 11.9 Å². The van der Waals surface area contributed by atoms with Crippen LogP contribution in [0.2, 0.25) is 0 Å². The normalized spacial score (nSPS) is 14.5. The maximum atomic E-state index is 10.0. The van der Waals surface area contributed by atoms with Crippen molar-refractivity contribution >= 4 is 11.9 Å². The average Bonchev–Trinajstić information content (AvgIpc) is 2.36. The molecule has 68 valence electrons. The Balaban J connectivity index is 0.000000217. The summed E-state index contributed by atoms with van der Waals surface area (Å²) in [5.41, 5.74) is 6.17. The van der Waals surface area contributed by atoms with Crippen LogP contribution in [0.4, 0.5) is 0 Å². The van der Waals surface area contributed by atoms with E-state index < -0.39 is 11.9 Å². The molecular formula is C8H13NO3. The molecule has 0 aromatic heterocycles. The van der Waals surface area contributed by atoms with Crippen molar-refractivity contribution in [1.29, 1.82) is 0 Å². The predicted octanol–water partition coefficient (Wildman–Crippen LogP) is 0.719. The summed E-state index contributed by atoms with van der Waals surface area (Å²) in [6.07, 6.45) is 2.11. The Bertz CT molecular complexity index is 190. The number of allylic oxidation sites excluding steroid dienone is 1. The minimum Gasteiger partial charge on any atom is -0.405 e. The number of rotatable bonds is 0. The van der Waals surface area contributed by atoms with E-state index in [1.54, 1.807) is 6.20 Å². The van der Waals surface area contributed by atoms with Crippen LogP contribution in [-0.2, 0) is 14.3 Å². The predicted molar refractivity (Wildman–Crippen MR) is 44.0 cm³/mol. The summed E-state index contributed by atoms with van der Waals surface area (Å²) in [5.74, 6) is -0.796. The van der Waals surface area contributed by atoms with Crippen molar-refractivity contribution in [3.05, 3.63) is 11.8 Å². The molecule has 1 fully saturated rings. The average molecular weight is 171 g/mol. The molecule has 0 radical (unpaired) electrons. The molecular weight excluding hydrogens is 158 g/mol. The second kappa shape index (κ2) is 5.35. The standard InChI is InChI=1S/C4H9N.C4H4O3/c1-4(2)3-5;5-3-1-2-4(6)7-3/h3H,5H2,1-2H3;1-2H2. The maximum Gasteiger partial charge on any atom is 0.314 e. The highest BCUT2D eigenvalue weighted by atomic mass is 16.6. The minimum absolute atomic E-state index is 0.263. The third-order valence-corrected chi connectivity index (χ3v) is 1.09. The van der Waals surface area contributed by atoms with Crippen molar-refractivity contribution in [3.63, 3.8) is 0 Å². The number of esters is 2. The van der Waals surface area contributed by atoms with Crippen LogP contribution in [0.5, 0.6) is 0 Å². The highest BCUT2D eigenvalue weighted by molar-refractivity contribution is 5.92. The molecule has 1 aliphatic heterocycles. The Morgan fingerprint density at radius 2 is 1.67 bits per heavy atom. The molecule has 1 rings (SSSR count). The molecule has 2 N–H and O–H groups in total. The lowest BCUT2D eigenvalue weighted by Gasteiger charge is -1.79. The van der Waals surface area contributed by atoms with Crippen molar-refractivity contribution in [2.45, 2.75) is 26.7 Å². The molecule has 4 heteroatoms. The van der Waals surface area contributed by atoms with Crippen LogP contribution < -0.4 is 5.73 Å². The van der Waals surface area contributed by atoms with Crippen molar-refractivity contribution in [2.24, 2.45) is 5.73 Å². The summed E-state index contributed by atoms with van der Waals surface area (Å²) in [6, 6.07) is 0. The Kier molecular flexibility index (Phi) is 4.76. The van der Waals surface area contributed by atoms with E-state index in [1.165, 1.54) is 0 Å². The first-order valence-electron chi connectivity index (χ1n) is 3.65. The number of nitrogens with two attached hydrogens (primary N) is 1. The van der Waals surface area contributed by atoms with Gasteiger partial charge in [0.05, 0.1) is 12.8 Å². The molecule has 4 nitrogen and oxygen atoms in total. The van der Waals surface area contributed by atoms with Gasteiger partial charge in [0, 0.05) is 0 Å². The van der Waals surface area contributed by atoms with Gasteiger partial charge < -0.3 is 10.5 Å². The van der Waals surface area contributed by atoms with Crippen molar-refractivity contribution in [2.75, 3.05) is 0 Å². The molecule has 0 amide bonds. The van der Waals surface area contributed by atoms with Gasteiger partial charge in [0.25, 0.3) is 0 Å². The van der Waals surface area contributed by atoms with E-state index in [0.717, 1.165) is 5.57 Å². The van der Waals surface area contributed by atoms with Crippen LogP contribution in [0.15, 0.2) is 11.8 Å². The summed E-state index contributed by atoms with van der Waals surface area (Å²) in [4.78, 5) is 20.0. The zero-order valence-corrected chi connectivity index (χ0v) is 7.29. The van der Waals surface area contributed by atoms with Crippen LogP contribution in [0.1, 0.15) is 26.7 Å². The molecule has 1 heterocycles. The van der Waals surface area contributed by atoms with Gasteiger partial charge in [-0.15, -0.1) is 0 Å². The van der Waals surface area contributed by atoms with Crippen LogP contribution in [-0.4, -0.2) is 11.9 Å². The molecule has 1 aliphatic rings. The van der Waals surface area contributed by atoms with Crippen LogP contribution in [0.3, 0.4) is 0 Å².